The Balaban J connectivity index is 0.00000160. The largest absolute Gasteiger partial charge is 0.497 e. The summed E-state index contributed by atoms with van der Waals surface area (Å²) in [6, 6.07) is 6.83. The van der Waals surface area contributed by atoms with Crippen molar-refractivity contribution in [2.24, 2.45) is 5.92 Å². The van der Waals surface area contributed by atoms with Gasteiger partial charge in [-0.2, -0.15) is 0 Å². The maximum absolute atomic E-state index is 13.0. The monoisotopic (exact) mass is 459 g/mol. The van der Waals surface area contributed by atoms with Gasteiger partial charge in [-0.05, 0) is 38.0 Å². The molecule has 4 rings (SSSR count). The van der Waals surface area contributed by atoms with Gasteiger partial charge in [0.15, 0.2) is 0 Å². The van der Waals surface area contributed by atoms with Crippen LogP contribution in [0.4, 0.5) is 5.69 Å². The van der Waals surface area contributed by atoms with Gasteiger partial charge in [0.1, 0.15) is 11.5 Å². The lowest BCUT2D eigenvalue weighted by Gasteiger charge is -2.34. The molecule has 2 aliphatic heterocycles. The van der Waals surface area contributed by atoms with E-state index >= 15 is 0 Å². The Morgan fingerprint density at radius 3 is 2.23 bits per heavy atom. The Bertz CT molecular complexity index is 662. The second-order valence-electron chi connectivity index (χ2n) is 8.45. The van der Waals surface area contributed by atoms with Crippen molar-refractivity contribution < 1.29 is 14.3 Å². The van der Waals surface area contributed by atoms with E-state index in [0.29, 0.717) is 23.9 Å². The number of ether oxygens (including phenoxy) is 2. The minimum atomic E-state index is 0. The summed E-state index contributed by atoms with van der Waals surface area (Å²) >= 11 is 0. The molecule has 1 aromatic carbocycles. The van der Waals surface area contributed by atoms with E-state index in [-0.39, 0.29) is 30.9 Å². The summed E-state index contributed by atoms with van der Waals surface area (Å²) in [7, 11) is 3.33. The van der Waals surface area contributed by atoms with Gasteiger partial charge < -0.3 is 25.0 Å². The summed E-state index contributed by atoms with van der Waals surface area (Å²) < 4.78 is 10.7. The number of amides is 1. The number of benzene rings is 1. The Hall–Kier alpha value is -1.37. The number of carbonyl (C=O) groups excluding carboxylic acids is 1. The van der Waals surface area contributed by atoms with Crippen molar-refractivity contribution >= 4 is 36.4 Å². The number of methoxy groups -OCH3 is 2. The van der Waals surface area contributed by atoms with Crippen LogP contribution in [0, 0.1) is 5.92 Å². The minimum Gasteiger partial charge on any atom is -0.497 e. The fourth-order valence-corrected chi connectivity index (χ4v) is 5.10. The number of anilines is 1. The van der Waals surface area contributed by atoms with Gasteiger partial charge in [0.25, 0.3) is 0 Å². The number of hydrogen-bond acceptors (Lipinski definition) is 5. The van der Waals surface area contributed by atoms with Crippen LogP contribution in [0.3, 0.4) is 0 Å². The van der Waals surface area contributed by atoms with Gasteiger partial charge in [0.2, 0.25) is 5.91 Å². The molecule has 3 aliphatic rings. The molecule has 2 N–H and O–H groups in total. The molecular weight excluding hydrogens is 425 g/mol. The summed E-state index contributed by atoms with van der Waals surface area (Å²) in [5.41, 5.74) is 1.00. The van der Waals surface area contributed by atoms with E-state index in [1.165, 1.54) is 25.7 Å². The molecule has 3 fully saturated rings. The second kappa shape index (κ2) is 11.3. The number of fused-ring (bicyclic) bond motifs is 1. The first-order valence-electron chi connectivity index (χ1n) is 10.7. The first-order valence-corrected chi connectivity index (χ1v) is 10.7. The molecule has 1 amide bonds. The predicted octanol–water partition coefficient (Wildman–Crippen LogP) is 3.87. The Morgan fingerprint density at radius 1 is 1.00 bits per heavy atom. The van der Waals surface area contributed by atoms with E-state index in [0.717, 1.165) is 49.5 Å². The lowest BCUT2D eigenvalue weighted by molar-refractivity contribution is -0.134. The third-order valence-corrected chi connectivity index (χ3v) is 6.69. The summed E-state index contributed by atoms with van der Waals surface area (Å²) in [5, 5.41) is 7.22. The number of halogens is 2. The molecule has 3 unspecified atom stereocenters. The predicted molar refractivity (Wildman–Crippen MR) is 125 cm³/mol. The second-order valence-corrected chi connectivity index (χ2v) is 8.45. The average molecular weight is 460 g/mol. The Kier molecular flexibility index (Phi) is 9.38. The van der Waals surface area contributed by atoms with Gasteiger partial charge in [-0.1, -0.05) is 12.8 Å². The third-order valence-electron chi connectivity index (χ3n) is 6.69. The molecule has 0 bridgehead atoms. The van der Waals surface area contributed by atoms with Crippen molar-refractivity contribution in [1.29, 1.82) is 0 Å². The smallest absolute Gasteiger partial charge is 0.239 e. The topological polar surface area (TPSA) is 62.8 Å². The number of rotatable bonds is 5. The van der Waals surface area contributed by atoms with Gasteiger partial charge in [-0.3, -0.25) is 4.79 Å². The lowest BCUT2D eigenvalue weighted by atomic mass is 9.85. The van der Waals surface area contributed by atoms with Gasteiger partial charge in [0, 0.05) is 49.1 Å². The van der Waals surface area contributed by atoms with E-state index < -0.39 is 0 Å². The van der Waals surface area contributed by atoms with E-state index in [2.05, 4.69) is 15.5 Å². The van der Waals surface area contributed by atoms with Crippen LogP contribution in [0.5, 0.6) is 11.5 Å². The van der Waals surface area contributed by atoms with Gasteiger partial charge in [0.05, 0.1) is 20.3 Å². The molecule has 2 saturated heterocycles. The van der Waals surface area contributed by atoms with E-state index in [9.17, 15) is 4.79 Å². The summed E-state index contributed by atoms with van der Waals surface area (Å²) in [5.74, 6) is 2.59. The van der Waals surface area contributed by atoms with E-state index in [1.807, 2.05) is 18.2 Å². The van der Waals surface area contributed by atoms with Crippen molar-refractivity contribution in [3.8, 4) is 11.5 Å². The molecule has 2 heterocycles. The van der Waals surface area contributed by atoms with E-state index in [4.69, 9.17) is 9.47 Å². The molecule has 6 nitrogen and oxygen atoms in total. The first-order chi connectivity index (χ1) is 13.7. The standard InChI is InChI=1S/C22H33N3O3.2ClH/c1-27-18-12-17(13-19(14-18)28-2)23-16-7-9-25(10-8-16)22(26)21-11-15-5-3-4-6-20(15)24-21;;/h12-16,20-21,23-24H,3-11H2,1-2H3;2*1H. The van der Waals surface area contributed by atoms with Crippen molar-refractivity contribution in [2.45, 2.75) is 63.1 Å². The molecular formula is C22H35Cl2N3O3. The fourth-order valence-electron chi connectivity index (χ4n) is 5.10. The van der Waals surface area contributed by atoms with Crippen LogP contribution in [0.1, 0.15) is 44.9 Å². The molecule has 3 atom stereocenters. The number of likely N-dealkylation sites (tertiary alicyclic amines) is 1. The number of hydrogen-bond donors (Lipinski definition) is 2. The van der Waals surface area contributed by atoms with Crippen LogP contribution in [-0.4, -0.2) is 56.2 Å². The molecule has 0 aromatic heterocycles. The molecule has 0 radical (unpaired) electrons. The fraction of sp³-hybridized carbons (Fsp3) is 0.682. The normalized spacial score (nSPS) is 26.1. The first kappa shape index (κ1) is 24.9. The molecule has 8 heteroatoms. The molecule has 170 valence electrons. The minimum absolute atomic E-state index is 0. The molecule has 0 spiro atoms. The number of piperidine rings is 1. The summed E-state index contributed by atoms with van der Waals surface area (Å²) in [6.45, 7) is 1.65. The van der Waals surface area contributed by atoms with Crippen LogP contribution in [0.15, 0.2) is 18.2 Å². The maximum Gasteiger partial charge on any atom is 0.239 e. The van der Waals surface area contributed by atoms with Crippen molar-refractivity contribution in [2.75, 3.05) is 32.6 Å². The Morgan fingerprint density at radius 2 is 1.63 bits per heavy atom. The van der Waals surface area contributed by atoms with Gasteiger partial charge >= 0.3 is 0 Å². The van der Waals surface area contributed by atoms with Crippen LogP contribution in [0.25, 0.3) is 0 Å². The zero-order valence-corrected chi connectivity index (χ0v) is 19.5. The zero-order valence-electron chi connectivity index (χ0n) is 17.9. The van der Waals surface area contributed by atoms with Crippen LogP contribution < -0.4 is 20.1 Å². The zero-order chi connectivity index (χ0) is 19.5. The lowest BCUT2D eigenvalue weighted by Crippen LogP contribution is -2.49. The van der Waals surface area contributed by atoms with Crippen molar-refractivity contribution in [1.82, 2.24) is 10.2 Å². The molecule has 30 heavy (non-hydrogen) atoms. The van der Waals surface area contributed by atoms with E-state index in [1.54, 1.807) is 14.2 Å². The van der Waals surface area contributed by atoms with Crippen molar-refractivity contribution in [3.63, 3.8) is 0 Å². The summed E-state index contributed by atoms with van der Waals surface area (Å²) in [6.07, 6.45) is 8.12. The van der Waals surface area contributed by atoms with Crippen LogP contribution in [0.2, 0.25) is 0 Å². The van der Waals surface area contributed by atoms with Crippen molar-refractivity contribution in [3.05, 3.63) is 18.2 Å². The van der Waals surface area contributed by atoms with Gasteiger partial charge in [-0.25, -0.2) is 0 Å². The maximum atomic E-state index is 13.0. The van der Waals surface area contributed by atoms with Crippen LogP contribution in [-0.2, 0) is 4.79 Å². The molecule has 1 saturated carbocycles. The quantitative estimate of drug-likeness (QED) is 0.699. The summed E-state index contributed by atoms with van der Waals surface area (Å²) in [4.78, 5) is 15.1. The number of nitrogens with zero attached hydrogens (tertiary/aromatic N) is 1. The highest BCUT2D eigenvalue weighted by Gasteiger charge is 2.40. The molecule has 1 aromatic rings. The number of carbonyl (C=O) groups is 1. The van der Waals surface area contributed by atoms with Crippen LogP contribution >= 0.6 is 24.8 Å². The van der Waals surface area contributed by atoms with Gasteiger partial charge in [-0.15, -0.1) is 24.8 Å². The number of nitrogens with one attached hydrogen (secondary N) is 2. The highest BCUT2D eigenvalue weighted by Crippen LogP contribution is 2.34. The third kappa shape index (κ3) is 5.65. The highest BCUT2D eigenvalue weighted by atomic mass is 35.5. The SMILES string of the molecule is COc1cc(NC2CCN(C(=O)C3CC4CCCCC4N3)CC2)cc(OC)c1.Cl.Cl. The highest BCUT2D eigenvalue weighted by molar-refractivity contribution is 5.85. The molecule has 1 aliphatic carbocycles. The Labute approximate surface area is 192 Å². The average Bonchev–Trinajstić information content (AvgIpc) is 3.17.